The van der Waals surface area contributed by atoms with Gasteiger partial charge in [-0.1, -0.05) is 13.8 Å². The molecule has 1 aliphatic rings. The zero-order chi connectivity index (χ0) is 16.8. The summed E-state index contributed by atoms with van der Waals surface area (Å²) >= 11 is 0. The molecule has 1 amide bonds. The molecule has 0 saturated carbocycles. The molecule has 0 unspecified atom stereocenters. The number of aromatic nitrogens is 2. The van der Waals surface area contributed by atoms with Crippen LogP contribution in [0, 0.1) is 5.41 Å². The third-order valence-corrected chi connectivity index (χ3v) is 5.56. The number of hydrogen-bond donors (Lipinski definition) is 3. The minimum absolute atomic E-state index is 0.0252. The molecule has 0 atom stereocenters. The minimum Gasteiger partial charge on any atom is -0.396 e. The molecule has 0 bridgehead atoms. The summed E-state index contributed by atoms with van der Waals surface area (Å²) < 4.78 is 1.81. The van der Waals surface area contributed by atoms with E-state index in [1.807, 2.05) is 16.9 Å². The highest BCUT2D eigenvalue weighted by Gasteiger charge is 2.42. The highest BCUT2D eigenvalue weighted by atomic mass is 16.3. The fourth-order valence-corrected chi connectivity index (χ4v) is 3.53. The van der Waals surface area contributed by atoms with Crippen molar-refractivity contribution < 1.29 is 9.90 Å². The standard InChI is InChI=1S/C17H30N4O2/c1-3-16(4-2,8-13-22)14-19-15(23)17(6-10-18-11-7-17)21-12-5-9-20-21/h5,9,12,18,22H,3-4,6-8,10-11,13-14H2,1-2H3,(H,19,23). The second-order valence-corrected chi connectivity index (χ2v) is 6.60. The van der Waals surface area contributed by atoms with Gasteiger partial charge < -0.3 is 15.7 Å². The molecule has 1 fully saturated rings. The van der Waals surface area contributed by atoms with Gasteiger partial charge in [0.1, 0.15) is 5.54 Å². The van der Waals surface area contributed by atoms with Crippen LogP contribution < -0.4 is 10.6 Å². The van der Waals surface area contributed by atoms with Gasteiger partial charge in [0.05, 0.1) is 0 Å². The number of carbonyl (C=O) groups is 1. The molecule has 0 aromatic carbocycles. The Kier molecular flexibility index (Phi) is 6.18. The molecule has 2 heterocycles. The van der Waals surface area contributed by atoms with Crippen molar-refractivity contribution >= 4 is 5.91 Å². The molecule has 3 N–H and O–H groups in total. The Labute approximate surface area is 138 Å². The van der Waals surface area contributed by atoms with Crippen LogP contribution in [-0.4, -0.2) is 47.0 Å². The lowest BCUT2D eigenvalue weighted by Crippen LogP contribution is -2.56. The maximum atomic E-state index is 13.0. The Hall–Kier alpha value is -1.40. The van der Waals surface area contributed by atoms with Crippen LogP contribution in [0.2, 0.25) is 0 Å². The number of nitrogens with zero attached hydrogens (tertiary/aromatic N) is 2. The van der Waals surface area contributed by atoms with Crippen molar-refractivity contribution in [1.29, 1.82) is 0 Å². The highest BCUT2D eigenvalue weighted by Crippen LogP contribution is 2.31. The number of rotatable bonds is 8. The molecule has 6 nitrogen and oxygen atoms in total. The van der Waals surface area contributed by atoms with Crippen LogP contribution in [0.1, 0.15) is 46.0 Å². The zero-order valence-corrected chi connectivity index (χ0v) is 14.3. The van der Waals surface area contributed by atoms with E-state index in [4.69, 9.17) is 0 Å². The number of nitrogens with one attached hydrogen (secondary N) is 2. The van der Waals surface area contributed by atoms with Crippen LogP contribution in [0.25, 0.3) is 0 Å². The number of aliphatic hydroxyl groups is 1. The fraction of sp³-hybridized carbons (Fsp3) is 0.765. The van der Waals surface area contributed by atoms with Gasteiger partial charge in [-0.05, 0) is 56.7 Å². The lowest BCUT2D eigenvalue weighted by Gasteiger charge is -2.38. The second kappa shape index (κ2) is 7.93. The Morgan fingerprint density at radius 2 is 2.09 bits per heavy atom. The van der Waals surface area contributed by atoms with Gasteiger partial charge in [-0.25, -0.2) is 0 Å². The average molecular weight is 322 g/mol. The third kappa shape index (κ3) is 3.75. The minimum atomic E-state index is -0.596. The van der Waals surface area contributed by atoms with Crippen LogP contribution >= 0.6 is 0 Å². The van der Waals surface area contributed by atoms with Crippen molar-refractivity contribution in [2.75, 3.05) is 26.2 Å². The van der Waals surface area contributed by atoms with E-state index in [1.54, 1.807) is 6.20 Å². The molecular weight excluding hydrogens is 292 g/mol. The van der Waals surface area contributed by atoms with Crippen molar-refractivity contribution in [3.8, 4) is 0 Å². The first kappa shape index (κ1) is 17.9. The van der Waals surface area contributed by atoms with Crippen LogP contribution in [0.5, 0.6) is 0 Å². The molecular formula is C17H30N4O2. The molecule has 130 valence electrons. The smallest absolute Gasteiger partial charge is 0.248 e. The summed E-state index contributed by atoms with van der Waals surface area (Å²) in [6.45, 7) is 6.65. The number of amides is 1. The molecule has 23 heavy (non-hydrogen) atoms. The third-order valence-electron chi connectivity index (χ3n) is 5.56. The van der Waals surface area contributed by atoms with Crippen LogP contribution in [-0.2, 0) is 10.3 Å². The zero-order valence-electron chi connectivity index (χ0n) is 14.3. The van der Waals surface area contributed by atoms with Gasteiger partial charge in [-0.3, -0.25) is 9.48 Å². The summed E-state index contributed by atoms with van der Waals surface area (Å²) in [7, 11) is 0. The van der Waals surface area contributed by atoms with Gasteiger partial charge in [0.2, 0.25) is 5.91 Å². The Morgan fingerprint density at radius 3 is 2.61 bits per heavy atom. The summed E-state index contributed by atoms with van der Waals surface area (Å²) in [6, 6.07) is 1.87. The van der Waals surface area contributed by atoms with Gasteiger partial charge in [0, 0.05) is 25.5 Å². The van der Waals surface area contributed by atoms with Crippen molar-refractivity contribution in [3.05, 3.63) is 18.5 Å². The van der Waals surface area contributed by atoms with E-state index in [-0.39, 0.29) is 17.9 Å². The number of aliphatic hydroxyl groups excluding tert-OH is 1. The lowest BCUT2D eigenvalue weighted by molar-refractivity contribution is -0.132. The molecule has 2 rings (SSSR count). The second-order valence-electron chi connectivity index (χ2n) is 6.60. The SMILES string of the molecule is CCC(CC)(CCO)CNC(=O)C1(n2cccn2)CCNCC1. The topological polar surface area (TPSA) is 79.2 Å². The van der Waals surface area contributed by atoms with Gasteiger partial charge in [-0.2, -0.15) is 5.10 Å². The summed E-state index contributed by atoms with van der Waals surface area (Å²) in [5.74, 6) is 0.0481. The maximum Gasteiger partial charge on any atom is 0.248 e. The van der Waals surface area contributed by atoms with Crippen molar-refractivity contribution in [3.63, 3.8) is 0 Å². The van der Waals surface area contributed by atoms with E-state index in [2.05, 4.69) is 29.6 Å². The van der Waals surface area contributed by atoms with Crippen LogP contribution in [0.4, 0.5) is 0 Å². The quantitative estimate of drug-likeness (QED) is 0.673. The largest absolute Gasteiger partial charge is 0.396 e. The highest BCUT2D eigenvalue weighted by molar-refractivity contribution is 5.84. The summed E-state index contributed by atoms with van der Waals surface area (Å²) in [5.41, 5.74) is -0.621. The van der Waals surface area contributed by atoms with E-state index >= 15 is 0 Å². The molecule has 0 radical (unpaired) electrons. The first-order valence-electron chi connectivity index (χ1n) is 8.72. The van der Waals surface area contributed by atoms with Crippen molar-refractivity contribution in [2.24, 2.45) is 5.41 Å². The normalized spacial score (nSPS) is 17.9. The van der Waals surface area contributed by atoms with Gasteiger partial charge in [-0.15, -0.1) is 0 Å². The molecule has 1 aliphatic heterocycles. The molecule has 0 spiro atoms. The van der Waals surface area contributed by atoms with E-state index in [0.29, 0.717) is 6.54 Å². The number of piperidine rings is 1. The number of carbonyl (C=O) groups excluding carboxylic acids is 1. The van der Waals surface area contributed by atoms with Gasteiger partial charge >= 0.3 is 0 Å². The van der Waals surface area contributed by atoms with E-state index in [0.717, 1.165) is 45.2 Å². The van der Waals surface area contributed by atoms with E-state index < -0.39 is 5.54 Å². The fourth-order valence-electron chi connectivity index (χ4n) is 3.53. The Morgan fingerprint density at radius 1 is 1.39 bits per heavy atom. The summed E-state index contributed by atoms with van der Waals surface area (Å²) in [6.07, 6.45) is 7.70. The predicted octanol–water partition coefficient (Wildman–Crippen LogP) is 1.27. The molecule has 1 aromatic heterocycles. The summed E-state index contributed by atoms with van der Waals surface area (Å²) in [4.78, 5) is 13.0. The maximum absolute atomic E-state index is 13.0. The van der Waals surface area contributed by atoms with Crippen molar-refractivity contribution in [2.45, 2.75) is 51.5 Å². The molecule has 0 aliphatic carbocycles. The van der Waals surface area contributed by atoms with Gasteiger partial charge in [0.25, 0.3) is 0 Å². The average Bonchev–Trinajstić information content (AvgIpc) is 3.14. The molecule has 1 aromatic rings. The van der Waals surface area contributed by atoms with Gasteiger partial charge in [0.15, 0.2) is 0 Å². The van der Waals surface area contributed by atoms with E-state index in [9.17, 15) is 9.90 Å². The monoisotopic (exact) mass is 322 g/mol. The predicted molar refractivity (Wildman–Crippen MR) is 90.0 cm³/mol. The molecule has 1 saturated heterocycles. The van der Waals surface area contributed by atoms with Crippen molar-refractivity contribution in [1.82, 2.24) is 20.4 Å². The lowest BCUT2D eigenvalue weighted by atomic mass is 9.79. The van der Waals surface area contributed by atoms with E-state index in [1.165, 1.54) is 0 Å². The van der Waals surface area contributed by atoms with Crippen LogP contribution in [0.15, 0.2) is 18.5 Å². The Bertz CT molecular complexity index is 477. The molecule has 6 heteroatoms. The first-order valence-corrected chi connectivity index (χ1v) is 8.72. The summed E-state index contributed by atoms with van der Waals surface area (Å²) in [5, 5.41) is 20.2. The first-order chi connectivity index (χ1) is 11.1. The van der Waals surface area contributed by atoms with Crippen LogP contribution in [0.3, 0.4) is 0 Å². The number of hydrogen-bond acceptors (Lipinski definition) is 4. The Balaban J connectivity index is 2.12.